The van der Waals surface area contributed by atoms with Gasteiger partial charge in [-0.3, -0.25) is 4.99 Å². The van der Waals surface area contributed by atoms with Crippen LogP contribution in [0.4, 0.5) is 11.4 Å². The number of aliphatic imine (C=N–C) groups is 1. The number of benzene rings is 2. The van der Waals surface area contributed by atoms with E-state index in [1.165, 1.54) is 35.4 Å². The van der Waals surface area contributed by atoms with Crippen molar-refractivity contribution < 1.29 is 0 Å². The lowest BCUT2D eigenvalue weighted by atomic mass is 9.90. The first kappa shape index (κ1) is 16.5. The highest BCUT2D eigenvalue weighted by Gasteiger charge is 2.40. The minimum Gasteiger partial charge on any atom is -0.370 e. The first-order valence-corrected chi connectivity index (χ1v) is 10.2. The second-order valence-corrected chi connectivity index (χ2v) is 8.15. The quantitative estimate of drug-likeness (QED) is 0.791. The number of nitrogens with one attached hydrogen (secondary N) is 2. The van der Waals surface area contributed by atoms with E-state index >= 15 is 0 Å². The van der Waals surface area contributed by atoms with Gasteiger partial charge in [0.1, 0.15) is 11.4 Å². The van der Waals surface area contributed by atoms with Gasteiger partial charge in [0, 0.05) is 5.75 Å². The summed E-state index contributed by atoms with van der Waals surface area (Å²) in [6.45, 7) is 2.86. The number of amidine groups is 1. The van der Waals surface area contributed by atoms with E-state index in [1.807, 2.05) is 11.8 Å². The Morgan fingerprint density at radius 2 is 1.96 bits per heavy atom. The van der Waals surface area contributed by atoms with Crippen LogP contribution < -0.4 is 10.6 Å². The standard InChI is InChI=1S/C21H25N3S/c1-16-7-6-8-17(13-16)14-22-20-21(11-4-5-12-25-15-21)24-19-10-3-2-9-18(19)23-20/h2-3,6-10,13,24H,4-5,11-12,14-15H2,1H3,(H,22,23). The summed E-state index contributed by atoms with van der Waals surface area (Å²) >= 11 is 2.04. The van der Waals surface area contributed by atoms with Crippen molar-refractivity contribution in [3.8, 4) is 0 Å². The molecule has 1 atom stereocenters. The van der Waals surface area contributed by atoms with Gasteiger partial charge in [-0.25, -0.2) is 0 Å². The van der Waals surface area contributed by atoms with Crippen molar-refractivity contribution in [2.75, 3.05) is 22.1 Å². The molecule has 2 N–H and O–H groups in total. The van der Waals surface area contributed by atoms with Crippen LogP contribution in [0.5, 0.6) is 0 Å². The Bertz CT molecular complexity index is 776. The van der Waals surface area contributed by atoms with Crippen LogP contribution in [-0.4, -0.2) is 22.9 Å². The van der Waals surface area contributed by atoms with Gasteiger partial charge in [0.05, 0.1) is 17.9 Å². The summed E-state index contributed by atoms with van der Waals surface area (Å²) in [5, 5.41) is 7.48. The van der Waals surface area contributed by atoms with Gasteiger partial charge in [0.15, 0.2) is 0 Å². The van der Waals surface area contributed by atoms with Gasteiger partial charge in [-0.1, -0.05) is 42.0 Å². The van der Waals surface area contributed by atoms with Gasteiger partial charge in [-0.05, 0) is 49.6 Å². The van der Waals surface area contributed by atoms with Crippen LogP contribution in [0.15, 0.2) is 53.5 Å². The number of anilines is 2. The SMILES string of the molecule is Cc1cccc(CN=C2Nc3ccccc3NC23CCCCSC3)c1. The van der Waals surface area contributed by atoms with E-state index in [4.69, 9.17) is 4.99 Å². The smallest absolute Gasteiger partial charge is 0.128 e. The highest BCUT2D eigenvalue weighted by molar-refractivity contribution is 7.99. The van der Waals surface area contributed by atoms with Gasteiger partial charge in [-0.2, -0.15) is 11.8 Å². The third kappa shape index (κ3) is 3.54. The monoisotopic (exact) mass is 351 g/mol. The van der Waals surface area contributed by atoms with Crippen LogP contribution in [0, 0.1) is 6.92 Å². The molecule has 3 nitrogen and oxygen atoms in total. The third-order valence-corrected chi connectivity index (χ3v) is 6.27. The summed E-state index contributed by atoms with van der Waals surface area (Å²) in [4.78, 5) is 5.04. The maximum absolute atomic E-state index is 5.04. The molecule has 1 fully saturated rings. The van der Waals surface area contributed by atoms with Crippen molar-refractivity contribution in [3.63, 3.8) is 0 Å². The van der Waals surface area contributed by atoms with Crippen molar-refractivity contribution in [1.82, 2.24) is 0 Å². The number of fused-ring (bicyclic) bond motifs is 1. The van der Waals surface area contributed by atoms with Gasteiger partial charge >= 0.3 is 0 Å². The maximum atomic E-state index is 5.04. The van der Waals surface area contributed by atoms with E-state index in [-0.39, 0.29) is 5.54 Å². The predicted octanol–water partition coefficient (Wildman–Crippen LogP) is 5.09. The lowest BCUT2D eigenvalue weighted by Crippen LogP contribution is -2.54. The molecule has 0 bridgehead atoms. The minimum absolute atomic E-state index is 0.0701. The van der Waals surface area contributed by atoms with Gasteiger partial charge in [-0.15, -0.1) is 0 Å². The number of aryl methyl sites for hydroxylation is 1. The molecule has 4 heteroatoms. The Morgan fingerprint density at radius 1 is 1.08 bits per heavy atom. The molecule has 1 saturated heterocycles. The van der Waals surface area contributed by atoms with Crippen LogP contribution in [0.2, 0.25) is 0 Å². The first-order chi connectivity index (χ1) is 12.3. The zero-order valence-corrected chi connectivity index (χ0v) is 15.5. The summed E-state index contributed by atoms with van der Waals surface area (Å²) in [5.74, 6) is 3.42. The maximum Gasteiger partial charge on any atom is 0.128 e. The average Bonchev–Trinajstić information content (AvgIpc) is 2.86. The van der Waals surface area contributed by atoms with Crippen molar-refractivity contribution in [3.05, 3.63) is 59.7 Å². The van der Waals surface area contributed by atoms with Crippen molar-refractivity contribution >= 4 is 29.0 Å². The van der Waals surface area contributed by atoms with Crippen LogP contribution in [0.25, 0.3) is 0 Å². The van der Waals surface area contributed by atoms with Crippen LogP contribution in [0.1, 0.15) is 30.4 Å². The number of rotatable bonds is 2. The Balaban J connectivity index is 1.67. The largest absolute Gasteiger partial charge is 0.370 e. The van der Waals surface area contributed by atoms with Gasteiger partial charge < -0.3 is 10.6 Å². The second-order valence-electron chi connectivity index (χ2n) is 7.04. The van der Waals surface area contributed by atoms with E-state index in [0.29, 0.717) is 0 Å². The molecule has 2 aliphatic rings. The number of hydrogen-bond acceptors (Lipinski definition) is 3. The van der Waals surface area contributed by atoms with E-state index in [0.717, 1.165) is 30.2 Å². The van der Waals surface area contributed by atoms with Crippen LogP contribution >= 0.6 is 11.8 Å². The van der Waals surface area contributed by atoms with E-state index in [1.54, 1.807) is 0 Å². The highest BCUT2D eigenvalue weighted by atomic mass is 32.2. The molecular formula is C21H25N3S. The summed E-state index contributed by atoms with van der Waals surface area (Å²) in [5.41, 5.74) is 4.81. The van der Waals surface area contributed by atoms with E-state index in [2.05, 4.69) is 66.1 Å². The van der Waals surface area contributed by atoms with Crippen molar-refractivity contribution in [1.29, 1.82) is 0 Å². The second kappa shape index (κ2) is 7.12. The number of thioether (sulfide) groups is 1. The normalized spacial score (nSPS) is 24.3. The number of para-hydroxylation sites is 2. The fourth-order valence-corrected chi connectivity index (χ4v) is 4.93. The average molecular weight is 352 g/mol. The molecule has 0 aromatic heterocycles. The minimum atomic E-state index is -0.0701. The third-order valence-electron chi connectivity index (χ3n) is 5.00. The molecule has 4 rings (SSSR count). The molecule has 2 aromatic rings. The molecule has 130 valence electrons. The molecule has 0 radical (unpaired) electrons. The zero-order valence-electron chi connectivity index (χ0n) is 14.7. The predicted molar refractivity (Wildman–Crippen MR) is 110 cm³/mol. The molecule has 2 aromatic carbocycles. The fraction of sp³-hybridized carbons (Fsp3) is 0.381. The number of nitrogens with zero attached hydrogens (tertiary/aromatic N) is 1. The number of hydrogen-bond donors (Lipinski definition) is 2. The van der Waals surface area contributed by atoms with E-state index in [9.17, 15) is 0 Å². The lowest BCUT2D eigenvalue weighted by molar-refractivity contribution is 0.584. The van der Waals surface area contributed by atoms with E-state index < -0.39 is 0 Å². The summed E-state index contributed by atoms with van der Waals surface area (Å²) in [6, 6.07) is 17.1. The molecule has 2 aliphatic heterocycles. The molecule has 1 spiro atoms. The molecule has 1 unspecified atom stereocenters. The molecule has 0 saturated carbocycles. The molecule has 2 heterocycles. The summed E-state index contributed by atoms with van der Waals surface area (Å²) in [7, 11) is 0. The molecule has 0 amide bonds. The Labute approximate surface area is 154 Å². The summed E-state index contributed by atoms with van der Waals surface area (Å²) < 4.78 is 0. The van der Waals surface area contributed by atoms with Crippen molar-refractivity contribution in [2.45, 2.75) is 38.3 Å². The molecule has 25 heavy (non-hydrogen) atoms. The van der Waals surface area contributed by atoms with Crippen molar-refractivity contribution in [2.24, 2.45) is 4.99 Å². The highest BCUT2D eigenvalue weighted by Crippen LogP contribution is 2.37. The topological polar surface area (TPSA) is 36.4 Å². The first-order valence-electron chi connectivity index (χ1n) is 9.08. The lowest BCUT2D eigenvalue weighted by Gasteiger charge is -2.41. The zero-order chi connectivity index (χ0) is 17.1. The van der Waals surface area contributed by atoms with Crippen LogP contribution in [-0.2, 0) is 6.54 Å². The summed E-state index contributed by atoms with van der Waals surface area (Å²) in [6.07, 6.45) is 3.67. The Morgan fingerprint density at radius 3 is 2.84 bits per heavy atom. The van der Waals surface area contributed by atoms with Gasteiger partial charge in [0.2, 0.25) is 0 Å². The van der Waals surface area contributed by atoms with Gasteiger partial charge in [0.25, 0.3) is 0 Å². The van der Waals surface area contributed by atoms with Crippen LogP contribution in [0.3, 0.4) is 0 Å². The Hall–Kier alpha value is -1.94. The Kier molecular flexibility index (Phi) is 4.71. The molecule has 0 aliphatic carbocycles. The fourth-order valence-electron chi connectivity index (χ4n) is 3.67. The molecular weight excluding hydrogens is 326 g/mol.